The van der Waals surface area contributed by atoms with Crippen LogP contribution in [-0.2, 0) is 4.74 Å². The second-order valence-corrected chi connectivity index (χ2v) is 9.06. The number of hydrogen-bond donors (Lipinski definition) is 2. The second kappa shape index (κ2) is 10.5. The van der Waals surface area contributed by atoms with E-state index in [9.17, 15) is 0 Å². The second-order valence-electron chi connectivity index (χ2n) is 9.06. The van der Waals surface area contributed by atoms with E-state index in [1.54, 1.807) is 24.8 Å². The summed E-state index contributed by atoms with van der Waals surface area (Å²) >= 11 is 0. The summed E-state index contributed by atoms with van der Waals surface area (Å²) in [5.41, 5.74) is 12.9. The van der Waals surface area contributed by atoms with Crippen LogP contribution in [0.3, 0.4) is 0 Å². The maximum absolute atomic E-state index is 6.23. The van der Waals surface area contributed by atoms with E-state index in [2.05, 4.69) is 41.0 Å². The van der Waals surface area contributed by atoms with Gasteiger partial charge in [-0.3, -0.25) is 19.9 Å². The summed E-state index contributed by atoms with van der Waals surface area (Å²) in [5, 5.41) is 8.49. The Morgan fingerprint density at radius 2 is 1.18 bits per heavy atom. The number of benzene rings is 1. The fraction of sp³-hybridized carbons (Fsp3) is 0.0667. The molecule has 5 aromatic heterocycles. The first-order valence-electron chi connectivity index (χ1n) is 12.7. The zero-order valence-corrected chi connectivity index (χ0v) is 21.0. The molecule has 6 heterocycles. The Kier molecular flexibility index (Phi) is 6.30. The molecular weight excluding hydrogens is 504 g/mol. The van der Waals surface area contributed by atoms with E-state index >= 15 is 0 Å². The lowest BCUT2D eigenvalue weighted by Gasteiger charge is -2.12. The van der Waals surface area contributed by atoms with Crippen molar-refractivity contribution in [1.29, 1.82) is 0 Å². The lowest BCUT2D eigenvalue weighted by Crippen LogP contribution is -2.26. The van der Waals surface area contributed by atoms with E-state index in [1.807, 2.05) is 84.9 Å². The predicted molar refractivity (Wildman–Crippen MR) is 147 cm³/mol. The highest BCUT2D eigenvalue weighted by Crippen LogP contribution is 2.31. The number of hydrogen-bond acceptors (Lipinski definition) is 10. The van der Waals surface area contributed by atoms with Gasteiger partial charge in [0, 0.05) is 35.9 Å². The van der Waals surface area contributed by atoms with Crippen LogP contribution in [0.1, 0.15) is 23.6 Å². The molecule has 2 atom stereocenters. The fourth-order valence-corrected chi connectivity index (χ4v) is 4.38. The molecule has 6 aromatic rings. The van der Waals surface area contributed by atoms with Gasteiger partial charge in [0.25, 0.3) is 0 Å². The van der Waals surface area contributed by atoms with Gasteiger partial charge in [-0.1, -0.05) is 30.3 Å². The van der Waals surface area contributed by atoms with Gasteiger partial charge in [0.05, 0.1) is 28.3 Å². The number of rotatable bonds is 6. The largest absolute Gasteiger partial charge is 0.416 e. The Balaban J connectivity index is 1.05. The normalized spacial score (nSPS) is 16.7. The third kappa shape index (κ3) is 4.85. The number of aromatic nitrogens is 6. The van der Waals surface area contributed by atoms with Gasteiger partial charge in [-0.2, -0.15) is 0 Å². The standard InChI is InChI=1S/C30H22N8O2/c1-3-14-31-23(8-1)25-12-10-21(17-33-25)29-37-35-27(39-29)19-6-5-7-20(16-19)28-36-38-30(40-28)22-11-13-26(34-18-22)24-9-2-4-15-32-24/h1-18,27,29,35,37H. The molecule has 1 saturated heterocycles. The van der Waals surface area contributed by atoms with Gasteiger partial charge in [-0.05, 0) is 60.2 Å². The molecule has 1 aromatic carbocycles. The summed E-state index contributed by atoms with van der Waals surface area (Å²) in [6.07, 6.45) is 6.24. The van der Waals surface area contributed by atoms with Crippen LogP contribution in [0.15, 0.2) is 114 Å². The molecule has 0 bridgehead atoms. The van der Waals surface area contributed by atoms with Crippen molar-refractivity contribution >= 4 is 0 Å². The molecule has 1 aliphatic heterocycles. The summed E-state index contributed by atoms with van der Waals surface area (Å²) in [7, 11) is 0. The summed E-state index contributed by atoms with van der Waals surface area (Å²) in [5.74, 6) is 0.793. The molecule has 1 aliphatic rings. The highest BCUT2D eigenvalue weighted by Gasteiger charge is 2.27. The van der Waals surface area contributed by atoms with E-state index < -0.39 is 0 Å². The van der Waals surface area contributed by atoms with Crippen LogP contribution in [0.2, 0.25) is 0 Å². The molecule has 0 saturated carbocycles. The lowest BCUT2D eigenvalue weighted by molar-refractivity contribution is 0.0340. The van der Waals surface area contributed by atoms with Gasteiger partial charge < -0.3 is 9.15 Å². The summed E-state index contributed by atoms with van der Waals surface area (Å²) < 4.78 is 12.2. The van der Waals surface area contributed by atoms with Crippen molar-refractivity contribution in [2.45, 2.75) is 12.5 Å². The Morgan fingerprint density at radius 3 is 1.80 bits per heavy atom. The van der Waals surface area contributed by atoms with E-state index in [0.29, 0.717) is 11.8 Å². The van der Waals surface area contributed by atoms with E-state index in [-0.39, 0.29) is 12.5 Å². The summed E-state index contributed by atoms with van der Waals surface area (Å²) in [6, 6.07) is 26.9. The van der Waals surface area contributed by atoms with Crippen molar-refractivity contribution in [3.05, 3.63) is 121 Å². The maximum atomic E-state index is 6.23. The number of ether oxygens (including phenoxy) is 1. The Bertz CT molecular complexity index is 1730. The highest BCUT2D eigenvalue weighted by molar-refractivity contribution is 5.61. The molecule has 0 spiro atoms. The third-order valence-electron chi connectivity index (χ3n) is 6.43. The average Bonchev–Trinajstić information content (AvgIpc) is 3.74. The lowest BCUT2D eigenvalue weighted by atomic mass is 10.1. The topological polar surface area (TPSA) is 124 Å². The smallest absolute Gasteiger partial charge is 0.249 e. The molecule has 10 nitrogen and oxygen atoms in total. The quantitative estimate of drug-likeness (QED) is 0.301. The summed E-state index contributed by atoms with van der Waals surface area (Å²) in [4.78, 5) is 17.7. The molecule has 7 rings (SSSR count). The van der Waals surface area contributed by atoms with Crippen molar-refractivity contribution in [3.63, 3.8) is 0 Å². The molecule has 0 aliphatic carbocycles. The van der Waals surface area contributed by atoms with Crippen LogP contribution in [-0.4, -0.2) is 30.1 Å². The van der Waals surface area contributed by atoms with Crippen molar-refractivity contribution in [2.24, 2.45) is 0 Å². The predicted octanol–water partition coefficient (Wildman–Crippen LogP) is 5.14. The first kappa shape index (κ1) is 23.9. The van der Waals surface area contributed by atoms with Crippen molar-refractivity contribution < 1.29 is 9.15 Å². The maximum Gasteiger partial charge on any atom is 0.249 e. The monoisotopic (exact) mass is 526 g/mol. The van der Waals surface area contributed by atoms with Crippen LogP contribution in [0.25, 0.3) is 45.7 Å². The Morgan fingerprint density at radius 1 is 0.525 bits per heavy atom. The van der Waals surface area contributed by atoms with Gasteiger partial charge >= 0.3 is 0 Å². The minimum absolute atomic E-state index is 0.365. The molecule has 194 valence electrons. The minimum Gasteiger partial charge on any atom is -0.416 e. The van der Waals surface area contributed by atoms with Gasteiger partial charge in [0.15, 0.2) is 6.23 Å². The molecule has 2 N–H and O–H groups in total. The van der Waals surface area contributed by atoms with Crippen molar-refractivity contribution in [2.75, 3.05) is 0 Å². The SMILES string of the molecule is c1ccc(-c2ccc(-c3nnc(-c4cccc(C5NNC(c6ccc(-c7ccccn7)nc6)O5)c4)o3)cn2)nc1. The van der Waals surface area contributed by atoms with Crippen molar-refractivity contribution in [3.8, 4) is 45.7 Å². The number of hydrazine groups is 1. The average molecular weight is 527 g/mol. The molecule has 0 amide bonds. The Hall–Kier alpha value is -5.16. The van der Waals surface area contributed by atoms with Crippen LogP contribution in [0.5, 0.6) is 0 Å². The highest BCUT2D eigenvalue weighted by atomic mass is 16.5. The zero-order valence-electron chi connectivity index (χ0n) is 21.0. The van der Waals surface area contributed by atoms with Gasteiger partial charge in [-0.25, -0.2) is 10.9 Å². The molecule has 0 radical (unpaired) electrons. The first-order chi connectivity index (χ1) is 19.8. The van der Waals surface area contributed by atoms with Crippen molar-refractivity contribution in [1.82, 2.24) is 41.0 Å². The Labute approximate surface area is 229 Å². The minimum atomic E-state index is -0.383. The molecule has 10 heteroatoms. The van der Waals surface area contributed by atoms with E-state index in [1.165, 1.54) is 0 Å². The van der Waals surface area contributed by atoms with Crippen LogP contribution < -0.4 is 10.9 Å². The van der Waals surface area contributed by atoms with E-state index in [0.717, 1.165) is 45.0 Å². The van der Waals surface area contributed by atoms with Gasteiger partial charge in [0.1, 0.15) is 6.23 Å². The van der Waals surface area contributed by atoms with Crippen LogP contribution >= 0.6 is 0 Å². The molecule has 40 heavy (non-hydrogen) atoms. The number of nitrogens with zero attached hydrogens (tertiary/aromatic N) is 6. The summed E-state index contributed by atoms with van der Waals surface area (Å²) in [6.45, 7) is 0. The molecule has 2 unspecified atom stereocenters. The fourth-order valence-electron chi connectivity index (χ4n) is 4.38. The third-order valence-corrected chi connectivity index (χ3v) is 6.43. The zero-order chi connectivity index (χ0) is 26.7. The molecular formula is C30H22N8O2. The molecule has 1 fully saturated rings. The van der Waals surface area contributed by atoms with Crippen LogP contribution in [0.4, 0.5) is 0 Å². The number of nitrogens with one attached hydrogen (secondary N) is 2. The van der Waals surface area contributed by atoms with Gasteiger partial charge in [-0.15, -0.1) is 10.2 Å². The van der Waals surface area contributed by atoms with E-state index in [4.69, 9.17) is 9.15 Å². The number of pyridine rings is 4. The first-order valence-corrected chi connectivity index (χ1v) is 12.7. The van der Waals surface area contributed by atoms with Gasteiger partial charge in [0.2, 0.25) is 11.8 Å². The van der Waals surface area contributed by atoms with Crippen LogP contribution in [0, 0.1) is 0 Å².